The van der Waals surface area contributed by atoms with Crippen molar-refractivity contribution in [3.05, 3.63) is 81.1 Å². The fourth-order valence-electron chi connectivity index (χ4n) is 8.25. The largest absolute Gasteiger partial charge is 0.508 e. The molecule has 6 rings (SSSR count). The zero-order valence-corrected chi connectivity index (χ0v) is 25.8. The molecular formula is C34H36F3N3O7. The van der Waals surface area contributed by atoms with Crippen LogP contribution < -0.4 is 5.73 Å². The van der Waals surface area contributed by atoms with Gasteiger partial charge in [0.25, 0.3) is 5.91 Å². The second-order valence-electron chi connectivity index (χ2n) is 13.2. The maximum atomic E-state index is 14.9. The van der Waals surface area contributed by atoms with E-state index in [1.165, 1.54) is 24.6 Å². The molecule has 0 unspecified atom stereocenters. The molecule has 1 saturated heterocycles. The Bertz CT molecular complexity index is 1730. The minimum atomic E-state index is -4.89. The summed E-state index contributed by atoms with van der Waals surface area (Å²) in [6.45, 7) is 0.962. The first kappa shape index (κ1) is 32.7. The van der Waals surface area contributed by atoms with Crippen molar-refractivity contribution in [3.8, 4) is 5.75 Å². The van der Waals surface area contributed by atoms with E-state index in [9.17, 15) is 48.0 Å². The van der Waals surface area contributed by atoms with Crippen LogP contribution in [0.3, 0.4) is 0 Å². The molecule has 1 amide bonds. The van der Waals surface area contributed by atoms with Gasteiger partial charge in [0.05, 0.1) is 17.2 Å². The van der Waals surface area contributed by atoms with Gasteiger partial charge in [-0.3, -0.25) is 24.2 Å². The lowest BCUT2D eigenvalue weighted by atomic mass is 9.57. The number of aromatic hydroxyl groups is 1. The highest BCUT2D eigenvalue weighted by Gasteiger charge is 2.64. The Morgan fingerprint density at radius 3 is 2.28 bits per heavy atom. The van der Waals surface area contributed by atoms with Crippen LogP contribution in [0, 0.1) is 11.8 Å². The number of ketones is 2. The van der Waals surface area contributed by atoms with Crippen LogP contribution in [0.25, 0.3) is 5.76 Å². The number of aliphatic hydroxyl groups is 3. The lowest BCUT2D eigenvalue weighted by molar-refractivity contribution is -0.153. The van der Waals surface area contributed by atoms with Crippen molar-refractivity contribution in [2.24, 2.45) is 17.6 Å². The summed E-state index contributed by atoms with van der Waals surface area (Å²) in [6, 6.07) is 9.51. The number of hydrogen-bond acceptors (Lipinski definition) is 9. The predicted molar refractivity (Wildman–Crippen MR) is 163 cm³/mol. The highest BCUT2D eigenvalue weighted by Crippen LogP contribution is 2.54. The van der Waals surface area contributed by atoms with Gasteiger partial charge in [-0.1, -0.05) is 30.3 Å². The number of carbonyl (C=O) groups excluding carboxylic acids is 3. The van der Waals surface area contributed by atoms with Crippen molar-refractivity contribution in [2.45, 2.75) is 56.0 Å². The van der Waals surface area contributed by atoms with E-state index in [-0.39, 0.29) is 24.4 Å². The normalized spacial score (nSPS) is 27.2. The van der Waals surface area contributed by atoms with Crippen molar-refractivity contribution >= 4 is 23.2 Å². The van der Waals surface area contributed by atoms with Gasteiger partial charge in [0.2, 0.25) is 5.78 Å². The molecule has 4 atom stereocenters. The predicted octanol–water partition coefficient (Wildman–Crippen LogP) is 3.36. The van der Waals surface area contributed by atoms with Crippen molar-refractivity contribution in [3.63, 3.8) is 0 Å². The number of amides is 1. The Hall–Kier alpha value is -4.20. The van der Waals surface area contributed by atoms with Gasteiger partial charge in [0.1, 0.15) is 22.8 Å². The molecule has 2 aromatic carbocycles. The van der Waals surface area contributed by atoms with Gasteiger partial charge in [-0.2, -0.15) is 13.2 Å². The minimum Gasteiger partial charge on any atom is -0.508 e. The second-order valence-corrected chi connectivity index (χ2v) is 13.2. The van der Waals surface area contributed by atoms with E-state index in [4.69, 9.17) is 5.73 Å². The number of likely N-dealkylation sites (tertiary alicyclic amines) is 1. The first-order valence-corrected chi connectivity index (χ1v) is 15.4. The number of aliphatic hydroxyl groups excluding tert-OH is 2. The molecule has 0 radical (unpaired) electrons. The number of Topliss-reactive ketones (excluding diaryl/α,β-unsaturated/α-hetero) is 2. The maximum absolute atomic E-state index is 14.9. The summed E-state index contributed by atoms with van der Waals surface area (Å²) in [6.07, 6.45) is -4.15. The van der Waals surface area contributed by atoms with Crippen molar-refractivity contribution in [2.75, 3.05) is 27.2 Å². The van der Waals surface area contributed by atoms with E-state index >= 15 is 0 Å². The summed E-state index contributed by atoms with van der Waals surface area (Å²) < 4.78 is 44.7. The number of rotatable bonds is 5. The number of likely N-dealkylation sites (N-methyl/N-ethyl adjacent to an activating group) is 1. The van der Waals surface area contributed by atoms with Crippen LogP contribution in [0.5, 0.6) is 5.75 Å². The summed E-state index contributed by atoms with van der Waals surface area (Å²) >= 11 is 0. The lowest BCUT2D eigenvalue weighted by Gasteiger charge is -2.50. The molecule has 47 heavy (non-hydrogen) atoms. The van der Waals surface area contributed by atoms with Crippen LogP contribution in [0.15, 0.2) is 53.3 Å². The van der Waals surface area contributed by atoms with E-state index in [0.29, 0.717) is 13.1 Å². The van der Waals surface area contributed by atoms with Crippen LogP contribution in [-0.4, -0.2) is 86.5 Å². The van der Waals surface area contributed by atoms with E-state index in [1.54, 1.807) is 0 Å². The van der Waals surface area contributed by atoms with Crippen LogP contribution in [0.4, 0.5) is 13.2 Å². The number of fused-ring (bicyclic) bond motifs is 3. The number of hydrogen-bond donors (Lipinski definition) is 5. The number of nitrogens with zero attached hydrogens (tertiary/aromatic N) is 2. The molecule has 4 aliphatic rings. The summed E-state index contributed by atoms with van der Waals surface area (Å²) in [5, 5.41) is 45.1. The van der Waals surface area contributed by atoms with Crippen molar-refractivity contribution in [1.29, 1.82) is 0 Å². The molecule has 1 saturated carbocycles. The molecule has 250 valence electrons. The summed E-state index contributed by atoms with van der Waals surface area (Å²) in [5.74, 6) is -8.72. The standard InChI is InChI=1S/C34H36F3N3O7/c1-39(2)27-21-13-18-12-20-24(28(42)23(18)30(44)33(21,47)31(45)25(29(27)43)32(38)46)22(41)14-19(26(20)34(35,36)37)15-40-10-8-17(9-11-40)16-6-4-3-5-7-16/h3-7,14,17-18,21,27,41-42,45,47H,8-13,15H2,1-2H3,(H2,38,46)/t18-,21-,27-,33-/m0/s1. The topological polar surface area (TPSA) is 165 Å². The van der Waals surface area contributed by atoms with Crippen LogP contribution >= 0.6 is 0 Å². The van der Waals surface area contributed by atoms with Gasteiger partial charge in [-0.15, -0.1) is 0 Å². The van der Waals surface area contributed by atoms with Crippen LogP contribution in [0.2, 0.25) is 0 Å². The first-order chi connectivity index (χ1) is 22.1. The molecule has 1 heterocycles. The third-order valence-electron chi connectivity index (χ3n) is 10.3. The van der Waals surface area contributed by atoms with Gasteiger partial charge >= 0.3 is 6.18 Å². The quantitative estimate of drug-likeness (QED) is 0.304. The van der Waals surface area contributed by atoms with Gasteiger partial charge < -0.3 is 26.2 Å². The van der Waals surface area contributed by atoms with Gasteiger partial charge in [-0.25, -0.2) is 0 Å². The fraction of sp³-hybridized carbons (Fsp3) is 0.441. The number of nitrogens with two attached hydrogens (primary N) is 1. The molecular weight excluding hydrogens is 619 g/mol. The van der Waals surface area contributed by atoms with E-state index in [0.717, 1.165) is 18.9 Å². The Morgan fingerprint density at radius 1 is 1.06 bits per heavy atom. The Balaban J connectivity index is 1.41. The Morgan fingerprint density at radius 2 is 1.70 bits per heavy atom. The van der Waals surface area contributed by atoms with Crippen LogP contribution in [-0.2, 0) is 33.5 Å². The number of phenolic OH excluding ortho intramolecular Hbond substituents is 1. The molecule has 2 fully saturated rings. The van der Waals surface area contributed by atoms with E-state index in [2.05, 4.69) is 0 Å². The molecule has 1 aliphatic heterocycles. The van der Waals surface area contributed by atoms with Crippen molar-refractivity contribution in [1.82, 2.24) is 9.80 Å². The van der Waals surface area contributed by atoms with Crippen LogP contribution in [0.1, 0.15) is 53.0 Å². The molecule has 0 bridgehead atoms. The number of primary amides is 1. The first-order valence-electron chi connectivity index (χ1n) is 15.4. The Labute approximate surface area is 268 Å². The van der Waals surface area contributed by atoms with Gasteiger partial charge in [0.15, 0.2) is 11.4 Å². The molecule has 6 N–H and O–H groups in total. The number of phenols is 1. The average molecular weight is 656 g/mol. The number of benzene rings is 2. The smallest absolute Gasteiger partial charge is 0.417 e. The molecule has 10 nitrogen and oxygen atoms in total. The highest BCUT2D eigenvalue weighted by molar-refractivity contribution is 6.24. The molecule has 3 aliphatic carbocycles. The monoisotopic (exact) mass is 655 g/mol. The summed E-state index contributed by atoms with van der Waals surface area (Å²) in [5.41, 5.74) is -0.00947. The summed E-state index contributed by atoms with van der Waals surface area (Å²) in [7, 11) is 2.89. The fourth-order valence-corrected chi connectivity index (χ4v) is 8.25. The maximum Gasteiger partial charge on any atom is 0.417 e. The lowest BCUT2D eigenvalue weighted by Crippen LogP contribution is -2.65. The highest BCUT2D eigenvalue weighted by atomic mass is 19.4. The number of alkyl halides is 3. The molecule has 2 aromatic rings. The average Bonchev–Trinajstić information content (AvgIpc) is 2.98. The molecule has 0 spiro atoms. The third-order valence-corrected chi connectivity index (χ3v) is 10.3. The summed E-state index contributed by atoms with van der Waals surface area (Å²) in [4.78, 5) is 42.6. The SMILES string of the molecule is CN(C)[C@@H]1C(=O)C(C(N)=O)=C(O)[C@@]2(O)C(=O)C3=C(O)c4c(O)cc(CN5CCC(c6ccccc6)CC5)c(C(F)(F)F)c4C[C@H]3C[C@@H]12. The van der Waals surface area contributed by atoms with E-state index in [1.807, 2.05) is 35.2 Å². The molecule has 0 aromatic heterocycles. The number of carbonyl (C=O) groups is 3. The second kappa shape index (κ2) is 11.5. The number of piperidine rings is 1. The Kier molecular flexibility index (Phi) is 8.01. The van der Waals surface area contributed by atoms with Gasteiger partial charge in [-0.05, 0) is 87.5 Å². The minimum absolute atomic E-state index is 0.105. The zero-order valence-electron chi connectivity index (χ0n) is 25.8. The molecule has 13 heteroatoms. The van der Waals surface area contributed by atoms with E-state index < -0.39 is 98.7 Å². The zero-order chi connectivity index (χ0) is 34.2. The third kappa shape index (κ3) is 5.11. The number of halogens is 3. The van der Waals surface area contributed by atoms with Crippen molar-refractivity contribution < 1.29 is 48.0 Å². The van der Waals surface area contributed by atoms with Gasteiger partial charge in [0, 0.05) is 18.0 Å².